The molecular weight excluding hydrogens is 461 g/mol. The number of non-ortho nitro benzene ring substituents is 1. The predicted octanol–water partition coefficient (Wildman–Crippen LogP) is 2.67. The molecule has 0 unspecified atom stereocenters. The fourth-order valence-corrected chi connectivity index (χ4v) is 3.48. The fourth-order valence-electron chi connectivity index (χ4n) is 2.12. The topological polar surface area (TPSA) is 145 Å². The first-order chi connectivity index (χ1) is 14.0. The van der Waals surface area contributed by atoms with Gasteiger partial charge in [-0.1, -0.05) is 29.3 Å². The van der Waals surface area contributed by atoms with Crippen LogP contribution in [-0.2, 0) is 24.3 Å². The number of amides is 1. The van der Waals surface area contributed by atoms with Crippen molar-refractivity contribution in [2.75, 3.05) is 18.5 Å². The molecule has 0 heterocycles. The lowest BCUT2D eigenvalue weighted by molar-refractivity contribution is -0.384. The molecule has 0 aromatic heterocycles. The summed E-state index contributed by atoms with van der Waals surface area (Å²) in [5.74, 6) is -1.76. The molecule has 10 nitrogen and oxygen atoms in total. The number of carbonyl (C=O) groups is 2. The van der Waals surface area contributed by atoms with Crippen LogP contribution in [0.3, 0.4) is 0 Å². The Balaban J connectivity index is 1.88. The standard InChI is InChI=1S/C17H15Cl2N3O7S/c1-10-2-3-11(22(25)26)6-15(10)21-16(23)9-29-17(24)8-20-30(27,28)12-4-5-13(18)14(19)7-12/h2-7,20H,8-9H2,1H3,(H,21,23). The normalized spacial score (nSPS) is 11.0. The minimum absolute atomic E-state index is 0.0234. The van der Waals surface area contributed by atoms with Crippen LogP contribution in [0.4, 0.5) is 11.4 Å². The second-order valence-electron chi connectivity index (χ2n) is 5.87. The molecule has 0 spiro atoms. The van der Waals surface area contributed by atoms with Crippen molar-refractivity contribution in [2.45, 2.75) is 11.8 Å². The first kappa shape index (κ1) is 23.5. The number of nitro groups is 1. The van der Waals surface area contributed by atoms with Gasteiger partial charge in [-0.2, -0.15) is 4.72 Å². The Morgan fingerprint density at radius 2 is 1.83 bits per heavy atom. The smallest absolute Gasteiger partial charge is 0.321 e. The lowest BCUT2D eigenvalue weighted by Crippen LogP contribution is -2.32. The number of nitrogens with zero attached hydrogens (tertiary/aromatic N) is 1. The highest BCUT2D eigenvalue weighted by atomic mass is 35.5. The summed E-state index contributed by atoms with van der Waals surface area (Å²) in [4.78, 5) is 33.7. The van der Waals surface area contributed by atoms with E-state index >= 15 is 0 Å². The first-order valence-electron chi connectivity index (χ1n) is 8.15. The van der Waals surface area contributed by atoms with E-state index in [0.29, 0.717) is 5.56 Å². The van der Waals surface area contributed by atoms with Crippen LogP contribution < -0.4 is 10.0 Å². The monoisotopic (exact) mass is 475 g/mol. The van der Waals surface area contributed by atoms with Crippen LogP contribution in [0.25, 0.3) is 0 Å². The van der Waals surface area contributed by atoms with Crippen LogP contribution in [0.15, 0.2) is 41.3 Å². The largest absolute Gasteiger partial charge is 0.455 e. The molecule has 0 atom stereocenters. The molecule has 2 rings (SSSR count). The van der Waals surface area contributed by atoms with Gasteiger partial charge in [0.25, 0.3) is 11.6 Å². The number of esters is 1. The highest BCUT2D eigenvalue weighted by Crippen LogP contribution is 2.24. The summed E-state index contributed by atoms with van der Waals surface area (Å²) in [5, 5.41) is 13.4. The zero-order chi connectivity index (χ0) is 22.5. The minimum atomic E-state index is -4.06. The number of carbonyl (C=O) groups excluding carboxylic acids is 2. The zero-order valence-electron chi connectivity index (χ0n) is 15.3. The molecule has 0 aliphatic carbocycles. The number of aryl methyl sites for hydroxylation is 1. The van der Waals surface area contributed by atoms with E-state index in [9.17, 15) is 28.1 Å². The van der Waals surface area contributed by atoms with E-state index < -0.39 is 40.0 Å². The molecule has 160 valence electrons. The van der Waals surface area contributed by atoms with Crippen molar-refractivity contribution in [3.63, 3.8) is 0 Å². The van der Waals surface area contributed by atoms with Crippen molar-refractivity contribution in [3.8, 4) is 0 Å². The molecule has 13 heteroatoms. The number of hydrogen-bond donors (Lipinski definition) is 2. The second-order valence-corrected chi connectivity index (χ2v) is 8.45. The Morgan fingerprint density at radius 1 is 1.13 bits per heavy atom. The van der Waals surface area contributed by atoms with Crippen LogP contribution in [0, 0.1) is 17.0 Å². The van der Waals surface area contributed by atoms with Gasteiger partial charge in [0.2, 0.25) is 10.0 Å². The summed E-state index contributed by atoms with van der Waals surface area (Å²) < 4.78 is 31.0. The molecule has 0 fully saturated rings. The highest BCUT2D eigenvalue weighted by molar-refractivity contribution is 7.89. The summed E-state index contributed by atoms with van der Waals surface area (Å²) in [6.45, 7) is 0.185. The Morgan fingerprint density at radius 3 is 2.47 bits per heavy atom. The first-order valence-corrected chi connectivity index (χ1v) is 10.4. The van der Waals surface area contributed by atoms with Crippen LogP contribution in [0.2, 0.25) is 10.0 Å². The molecule has 0 saturated carbocycles. The van der Waals surface area contributed by atoms with Crippen molar-refractivity contribution in [3.05, 3.63) is 62.1 Å². The molecule has 0 aliphatic heterocycles. The molecule has 2 aromatic rings. The quantitative estimate of drug-likeness (QED) is 0.339. The molecule has 1 amide bonds. The van der Waals surface area contributed by atoms with Gasteiger partial charge in [0, 0.05) is 12.1 Å². The zero-order valence-corrected chi connectivity index (χ0v) is 17.7. The summed E-state index contributed by atoms with van der Waals surface area (Å²) >= 11 is 11.5. The van der Waals surface area contributed by atoms with Crippen molar-refractivity contribution in [1.29, 1.82) is 0 Å². The number of sulfonamides is 1. The molecule has 0 bridgehead atoms. The maximum absolute atomic E-state index is 12.1. The average Bonchev–Trinajstić information content (AvgIpc) is 2.68. The molecule has 2 aromatic carbocycles. The Hall–Kier alpha value is -2.73. The maximum atomic E-state index is 12.1. The van der Waals surface area contributed by atoms with E-state index in [1.165, 1.54) is 30.3 Å². The van der Waals surface area contributed by atoms with Gasteiger partial charge in [-0.15, -0.1) is 0 Å². The van der Waals surface area contributed by atoms with E-state index in [0.717, 1.165) is 6.07 Å². The maximum Gasteiger partial charge on any atom is 0.321 e. The van der Waals surface area contributed by atoms with E-state index in [4.69, 9.17) is 27.9 Å². The SMILES string of the molecule is Cc1ccc([N+](=O)[O-])cc1NC(=O)COC(=O)CNS(=O)(=O)c1ccc(Cl)c(Cl)c1. The number of hydrogen-bond acceptors (Lipinski definition) is 7. The van der Waals surface area contributed by atoms with E-state index in [1.54, 1.807) is 6.92 Å². The fraction of sp³-hybridized carbons (Fsp3) is 0.176. The van der Waals surface area contributed by atoms with E-state index in [2.05, 4.69) is 5.32 Å². The molecule has 0 aliphatic rings. The second kappa shape index (κ2) is 9.85. The number of rotatable bonds is 8. The lowest BCUT2D eigenvalue weighted by atomic mass is 10.2. The molecule has 0 saturated heterocycles. The third-order valence-electron chi connectivity index (χ3n) is 3.68. The Bertz CT molecular complexity index is 1110. The number of anilines is 1. The van der Waals surface area contributed by atoms with Gasteiger partial charge in [-0.3, -0.25) is 19.7 Å². The summed E-state index contributed by atoms with van der Waals surface area (Å²) in [6, 6.07) is 7.52. The van der Waals surface area contributed by atoms with E-state index in [1.807, 2.05) is 4.72 Å². The molecule has 2 N–H and O–H groups in total. The lowest BCUT2D eigenvalue weighted by Gasteiger charge is -2.10. The van der Waals surface area contributed by atoms with Gasteiger partial charge in [0.05, 0.1) is 25.6 Å². The van der Waals surface area contributed by atoms with Crippen LogP contribution in [-0.4, -0.2) is 38.4 Å². The third-order valence-corrected chi connectivity index (χ3v) is 5.82. The number of nitro benzene ring substituents is 1. The van der Waals surface area contributed by atoms with Crippen LogP contribution >= 0.6 is 23.2 Å². The Kier molecular flexibility index (Phi) is 7.73. The van der Waals surface area contributed by atoms with Crippen LogP contribution in [0.1, 0.15) is 5.56 Å². The number of nitrogens with one attached hydrogen (secondary N) is 2. The minimum Gasteiger partial charge on any atom is -0.455 e. The predicted molar refractivity (Wildman–Crippen MR) is 109 cm³/mol. The number of halogens is 2. The van der Waals surface area contributed by atoms with Gasteiger partial charge in [0.1, 0.15) is 6.54 Å². The molecule has 0 radical (unpaired) electrons. The molecular formula is C17H15Cl2N3O7S. The highest BCUT2D eigenvalue weighted by Gasteiger charge is 2.18. The van der Waals surface area contributed by atoms with Gasteiger partial charge < -0.3 is 10.1 Å². The van der Waals surface area contributed by atoms with Gasteiger partial charge in [-0.05, 0) is 30.7 Å². The number of ether oxygens (including phenoxy) is 1. The third kappa shape index (κ3) is 6.39. The van der Waals surface area contributed by atoms with Crippen molar-refractivity contribution in [2.24, 2.45) is 0 Å². The van der Waals surface area contributed by atoms with Crippen molar-refractivity contribution >= 4 is 56.5 Å². The molecule has 30 heavy (non-hydrogen) atoms. The summed E-state index contributed by atoms with van der Waals surface area (Å²) in [7, 11) is -4.06. The number of benzene rings is 2. The summed E-state index contributed by atoms with van der Waals surface area (Å²) in [6.07, 6.45) is 0. The van der Waals surface area contributed by atoms with E-state index in [-0.39, 0.29) is 26.3 Å². The summed E-state index contributed by atoms with van der Waals surface area (Å²) in [5.41, 5.74) is 0.532. The van der Waals surface area contributed by atoms with Crippen molar-refractivity contribution in [1.82, 2.24) is 4.72 Å². The van der Waals surface area contributed by atoms with Gasteiger partial charge in [0.15, 0.2) is 6.61 Å². The Labute approximate surface area is 181 Å². The van der Waals surface area contributed by atoms with Crippen molar-refractivity contribution < 1.29 is 27.7 Å². The van der Waals surface area contributed by atoms with Gasteiger partial charge >= 0.3 is 5.97 Å². The average molecular weight is 476 g/mol. The van der Waals surface area contributed by atoms with Gasteiger partial charge in [-0.25, -0.2) is 8.42 Å². The van der Waals surface area contributed by atoms with Crippen LogP contribution in [0.5, 0.6) is 0 Å².